The molecule has 112 valence electrons. The van der Waals surface area contributed by atoms with Gasteiger partial charge in [0.15, 0.2) is 0 Å². The molecule has 5 heteroatoms. The Morgan fingerprint density at radius 3 is 2.57 bits per heavy atom. The Labute approximate surface area is 134 Å². The highest BCUT2D eigenvalue weighted by molar-refractivity contribution is 6.42. The SMILES string of the molecule is COc1ccc(O)c(CNC(C)c2ccc(Cl)c(Cl)c2)c1. The van der Waals surface area contributed by atoms with Crippen LogP contribution in [0.3, 0.4) is 0 Å². The minimum Gasteiger partial charge on any atom is -0.508 e. The van der Waals surface area contributed by atoms with E-state index >= 15 is 0 Å². The van der Waals surface area contributed by atoms with Gasteiger partial charge in [-0.2, -0.15) is 0 Å². The van der Waals surface area contributed by atoms with Gasteiger partial charge in [0, 0.05) is 18.2 Å². The average molecular weight is 326 g/mol. The van der Waals surface area contributed by atoms with E-state index in [1.807, 2.05) is 25.1 Å². The average Bonchev–Trinajstić information content (AvgIpc) is 2.49. The molecule has 2 N–H and O–H groups in total. The number of benzene rings is 2. The molecule has 0 spiro atoms. The van der Waals surface area contributed by atoms with E-state index in [9.17, 15) is 5.11 Å². The van der Waals surface area contributed by atoms with E-state index in [0.717, 1.165) is 11.1 Å². The zero-order chi connectivity index (χ0) is 15.4. The van der Waals surface area contributed by atoms with Crippen LogP contribution in [0.4, 0.5) is 0 Å². The van der Waals surface area contributed by atoms with Crippen molar-refractivity contribution < 1.29 is 9.84 Å². The lowest BCUT2D eigenvalue weighted by molar-refractivity contribution is 0.409. The summed E-state index contributed by atoms with van der Waals surface area (Å²) >= 11 is 11.9. The van der Waals surface area contributed by atoms with E-state index in [1.54, 1.807) is 25.3 Å². The van der Waals surface area contributed by atoms with Crippen molar-refractivity contribution in [1.29, 1.82) is 0 Å². The van der Waals surface area contributed by atoms with Crippen LogP contribution in [0.5, 0.6) is 11.5 Å². The molecule has 2 aromatic rings. The summed E-state index contributed by atoms with van der Waals surface area (Å²) in [5.41, 5.74) is 1.81. The van der Waals surface area contributed by atoms with Crippen molar-refractivity contribution in [2.75, 3.05) is 7.11 Å². The lowest BCUT2D eigenvalue weighted by Gasteiger charge is -2.16. The molecule has 0 aromatic heterocycles. The molecule has 0 bridgehead atoms. The van der Waals surface area contributed by atoms with Crippen LogP contribution in [-0.4, -0.2) is 12.2 Å². The van der Waals surface area contributed by atoms with Crippen LogP contribution >= 0.6 is 23.2 Å². The lowest BCUT2D eigenvalue weighted by Crippen LogP contribution is -2.18. The van der Waals surface area contributed by atoms with E-state index in [1.165, 1.54) is 0 Å². The summed E-state index contributed by atoms with van der Waals surface area (Å²) < 4.78 is 5.16. The molecule has 0 fully saturated rings. The molecular formula is C16H17Cl2NO2. The minimum absolute atomic E-state index is 0.0744. The smallest absolute Gasteiger partial charge is 0.120 e. The normalized spacial score (nSPS) is 12.2. The summed E-state index contributed by atoms with van der Waals surface area (Å²) in [5, 5.41) is 14.3. The zero-order valence-corrected chi connectivity index (χ0v) is 13.4. The Morgan fingerprint density at radius 2 is 1.90 bits per heavy atom. The molecule has 3 nitrogen and oxygen atoms in total. The van der Waals surface area contributed by atoms with Crippen LogP contribution < -0.4 is 10.1 Å². The predicted molar refractivity (Wildman–Crippen MR) is 86.4 cm³/mol. The van der Waals surface area contributed by atoms with Crippen LogP contribution in [0.2, 0.25) is 10.0 Å². The first-order chi connectivity index (χ1) is 10.0. The largest absolute Gasteiger partial charge is 0.508 e. The summed E-state index contributed by atoms with van der Waals surface area (Å²) in [6, 6.07) is 10.8. The number of methoxy groups -OCH3 is 1. The van der Waals surface area contributed by atoms with Gasteiger partial charge in [-0.15, -0.1) is 0 Å². The Bertz CT molecular complexity index is 632. The second-order valence-electron chi connectivity index (χ2n) is 4.77. The standard InChI is InChI=1S/C16H17Cl2NO2/c1-10(11-3-5-14(17)15(18)8-11)19-9-12-7-13(21-2)4-6-16(12)20/h3-8,10,19-20H,9H2,1-2H3. The fourth-order valence-electron chi connectivity index (χ4n) is 1.99. The van der Waals surface area contributed by atoms with Crippen molar-refractivity contribution in [3.05, 3.63) is 57.6 Å². The number of phenolic OH excluding ortho intramolecular Hbond substituents is 1. The molecule has 0 saturated heterocycles. The first-order valence-corrected chi connectivity index (χ1v) is 7.31. The third-order valence-electron chi connectivity index (χ3n) is 3.33. The Kier molecular flexibility index (Phi) is 5.34. The number of hydrogen-bond donors (Lipinski definition) is 2. The Balaban J connectivity index is 2.06. The molecule has 0 radical (unpaired) electrons. The van der Waals surface area contributed by atoms with Gasteiger partial charge >= 0.3 is 0 Å². The molecule has 1 atom stereocenters. The van der Waals surface area contributed by atoms with Crippen molar-refractivity contribution in [2.45, 2.75) is 19.5 Å². The molecular weight excluding hydrogens is 309 g/mol. The van der Waals surface area contributed by atoms with Crippen LogP contribution in [0.1, 0.15) is 24.1 Å². The lowest BCUT2D eigenvalue weighted by atomic mass is 10.1. The summed E-state index contributed by atoms with van der Waals surface area (Å²) in [7, 11) is 1.60. The van der Waals surface area contributed by atoms with Gasteiger partial charge in [-0.1, -0.05) is 29.3 Å². The maximum Gasteiger partial charge on any atom is 0.120 e. The first-order valence-electron chi connectivity index (χ1n) is 6.55. The molecule has 0 aliphatic carbocycles. The third kappa shape index (κ3) is 4.03. The number of nitrogens with one attached hydrogen (secondary N) is 1. The van der Waals surface area contributed by atoms with E-state index in [2.05, 4.69) is 5.32 Å². The van der Waals surface area contributed by atoms with Crippen molar-refractivity contribution in [1.82, 2.24) is 5.32 Å². The number of aromatic hydroxyl groups is 1. The van der Waals surface area contributed by atoms with Crippen LogP contribution in [0.25, 0.3) is 0 Å². The molecule has 21 heavy (non-hydrogen) atoms. The van der Waals surface area contributed by atoms with E-state index in [-0.39, 0.29) is 11.8 Å². The van der Waals surface area contributed by atoms with Gasteiger partial charge in [0.25, 0.3) is 0 Å². The van der Waals surface area contributed by atoms with E-state index < -0.39 is 0 Å². The summed E-state index contributed by atoms with van der Waals surface area (Å²) in [5.74, 6) is 0.955. The fraction of sp³-hybridized carbons (Fsp3) is 0.250. The highest BCUT2D eigenvalue weighted by Crippen LogP contribution is 2.27. The van der Waals surface area contributed by atoms with Gasteiger partial charge in [0.1, 0.15) is 11.5 Å². The van der Waals surface area contributed by atoms with Gasteiger partial charge in [-0.3, -0.25) is 0 Å². The number of phenols is 1. The van der Waals surface area contributed by atoms with Gasteiger partial charge in [-0.25, -0.2) is 0 Å². The van der Waals surface area contributed by atoms with Crippen molar-refractivity contribution in [2.24, 2.45) is 0 Å². The van der Waals surface area contributed by atoms with Gasteiger partial charge in [0.05, 0.1) is 17.2 Å². The number of ether oxygens (including phenoxy) is 1. The molecule has 0 amide bonds. The number of halogens is 2. The molecule has 0 heterocycles. The highest BCUT2D eigenvalue weighted by Gasteiger charge is 2.09. The van der Waals surface area contributed by atoms with Crippen molar-refractivity contribution >= 4 is 23.2 Å². The quantitative estimate of drug-likeness (QED) is 0.846. The fourth-order valence-corrected chi connectivity index (χ4v) is 2.30. The second kappa shape index (κ2) is 7.03. The summed E-state index contributed by atoms with van der Waals surface area (Å²) in [4.78, 5) is 0. The Morgan fingerprint density at radius 1 is 1.14 bits per heavy atom. The monoisotopic (exact) mass is 325 g/mol. The summed E-state index contributed by atoms with van der Waals surface area (Å²) in [6.45, 7) is 2.54. The maximum absolute atomic E-state index is 9.86. The van der Waals surface area contributed by atoms with Gasteiger partial charge in [-0.05, 0) is 42.8 Å². The summed E-state index contributed by atoms with van der Waals surface area (Å²) in [6.07, 6.45) is 0. The molecule has 0 saturated carbocycles. The topological polar surface area (TPSA) is 41.5 Å². The minimum atomic E-state index is 0.0744. The molecule has 0 aliphatic rings. The van der Waals surface area contributed by atoms with E-state index in [4.69, 9.17) is 27.9 Å². The van der Waals surface area contributed by atoms with Crippen LogP contribution in [0.15, 0.2) is 36.4 Å². The molecule has 2 rings (SSSR count). The first kappa shape index (κ1) is 16.0. The third-order valence-corrected chi connectivity index (χ3v) is 4.07. The Hall–Kier alpha value is -1.42. The molecule has 0 aliphatic heterocycles. The van der Waals surface area contributed by atoms with Crippen LogP contribution in [-0.2, 0) is 6.54 Å². The highest BCUT2D eigenvalue weighted by atomic mass is 35.5. The maximum atomic E-state index is 9.86. The van der Waals surface area contributed by atoms with Crippen LogP contribution in [0, 0.1) is 0 Å². The number of hydrogen-bond acceptors (Lipinski definition) is 3. The number of rotatable bonds is 5. The second-order valence-corrected chi connectivity index (χ2v) is 5.59. The van der Waals surface area contributed by atoms with Crippen molar-refractivity contribution in [3.63, 3.8) is 0 Å². The van der Waals surface area contributed by atoms with Gasteiger partial charge < -0.3 is 15.2 Å². The predicted octanol–water partition coefficient (Wildman–Crippen LogP) is 4.56. The zero-order valence-electron chi connectivity index (χ0n) is 11.9. The van der Waals surface area contributed by atoms with Crippen molar-refractivity contribution in [3.8, 4) is 11.5 Å². The molecule has 1 unspecified atom stereocenters. The van der Waals surface area contributed by atoms with E-state index in [0.29, 0.717) is 22.3 Å². The van der Waals surface area contributed by atoms with Gasteiger partial charge in [0.2, 0.25) is 0 Å². The molecule has 2 aromatic carbocycles.